The van der Waals surface area contributed by atoms with E-state index in [1.54, 1.807) is 11.8 Å². The molecule has 1 atom stereocenters. The summed E-state index contributed by atoms with van der Waals surface area (Å²) in [6.45, 7) is 1.80. The van der Waals surface area contributed by atoms with Crippen molar-refractivity contribution in [2.45, 2.75) is 37.1 Å². The van der Waals surface area contributed by atoms with Crippen molar-refractivity contribution in [3.63, 3.8) is 0 Å². The molecule has 132 valence electrons. The predicted molar refractivity (Wildman–Crippen MR) is 98.7 cm³/mol. The first-order chi connectivity index (χ1) is 12.4. The molecule has 1 saturated heterocycles. The van der Waals surface area contributed by atoms with Gasteiger partial charge in [-0.25, -0.2) is 0 Å². The average Bonchev–Trinajstić information content (AvgIpc) is 3.36. The lowest BCUT2D eigenvalue weighted by Crippen LogP contribution is -2.16. The fraction of sp³-hybridized carbons (Fsp3) is 0.444. The Kier molecular flexibility index (Phi) is 5.05. The van der Waals surface area contributed by atoms with E-state index in [0.717, 1.165) is 65.6 Å². The summed E-state index contributed by atoms with van der Waals surface area (Å²) in [6.07, 6.45) is 5.16. The highest BCUT2D eigenvalue weighted by molar-refractivity contribution is 7.99. The molecule has 1 aliphatic heterocycles. The van der Waals surface area contributed by atoms with Crippen molar-refractivity contribution in [1.82, 2.24) is 19.7 Å². The van der Waals surface area contributed by atoms with E-state index in [4.69, 9.17) is 9.84 Å². The number of H-pyrrole nitrogens is 1. The van der Waals surface area contributed by atoms with E-state index >= 15 is 0 Å². The van der Waals surface area contributed by atoms with Crippen LogP contribution < -0.4 is 0 Å². The molecule has 2 N–H and O–H groups in total. The highest BCUT2D eigenvalue weighted by Gasteiger charge is 2.22. The maximum atomic E-state index is 9.04. The predicted octanol–water partition coefficient (Wildman–Crippen LogP) is 3.08. The maximum Gasteiger partial charge on any atom is 0.191 e. The molecule has 0 radical (unpaired) electrons. The normalized spacial score (nSPS) is 17.6. The summed E-state index contributed by atoms with van der Waals surface area (Å²) in [4.78, 5) is 3.32. The molecule has 2 aromatic heterocycles. The van der Waals surface area contributed by atoms with Crippen molar-refractivity contribution in [2.75, 3.05) is 19.0 Å². The van der Waals surface area contributed by atoms with Crippen molar-refractivity contribution in [2.24, 2.45) is 0 Å². The minimum absolute atomic E-state index is 0.197. The number of aliphatic hydroxyl groups is 1. The Morgan fingerprint density at radius 1 is 1.32 bits per heavy atom. The smallest absolute Gasteiger partial charge is 0.191 e. The van der Waals surface area contributed by atoms with Crippen LogP contribution in [0.5, 0.6) is 0 Å². The number of aromatic nitrogens is 4. The summed E-state index contributed by atoms with van der Waals surface area (Å²) in [6, 6.07) is 8.23. The standard InChI is InChI=1S/C18H22N4O2S/c23-8-4-10-25-18-21-20-17(22(18)12-13-5-3-9-24-13)15-11-19-16-7-2-1-6-14(15)16/h1-2,6-7,11,13,19,23H,3-5,8-10,12H2. The SMILES string of the molecule is OCCCSc1nnc(-c2c[nH]c3ccccc23)n1CC1CCCO1. The van der Waals surface area contributed by atoms with Gasteiger partial charge >= 0.3 is 0 Å². The third kappa shape index (κ3) is 3.44. The summed E-state index contributed by atoms with van der Waals surface area (Å²) in [5.41, 5.74) is 2.16. The lowest BCUT2D eigenvalue weighted by Gasteiger charge is -2.14. The van der Waals surface area contributed by atoms with Gasteiger partial charge in [0.25, 0.3) is 0 Å². The molecule has 1 aliphatic rings. The van der Waals surface area contributed by atoms with Gasteiger partial charge in [0.15, 0.2) is 11.0 Å². The van der Waals surface area contributed by atoms with Gasteiger partial charge < -0.3 is 14.8 Å². The zero-order valence-electron chi connectivity index (χ0n) is 14.0. The minimum atomic E-state index is 0.197. The number of aromatic amines is 1. The fourth-order valence-electron chi connectivity index (χ4n) is 3.24. The van der Waals surface area contributed by atoms with E-state index in [0.29, 0.717) is 0 Å². The number of ether oxygens (including phenoxy) is 1. The topological polar surface area (TPSA) is 76.0 Å². The molecule has 3 heterocycles. The number of hydrogen-bond donors (Lipinski definition) is 2. The number of fused-ring (bicyclic) bond motifs is 1. The Morgan fingerprint density at radius 3 is 3.08 bits per heavy atom. The van der Waals surface area contributed by atoms with Crippen LogP contribution in [0.25, 0.3) is 22.3 Å². The molecule has 6 nitrogen and oxygen atoms in total. The van der Waals surface area contributed by atoms with Gasteiger partial charge in [-0.2, -0.15) is 0 Å². The molecule has 4 rings (SSSR count). The van der Waals surface area contributed by atoms with Gasteiger partial charge in [-0.1, -0.05) is 30.0 Å². The molecule has 1 aromatic carbocycles. The summed E-state index contributed by atoms with van der Waals surface area (Å²) in [7, 11) is 0. The van der Waals surface area contributed by atoms with Crippen LogP contribution in [-0.4, -0.2) is 49.9 Å². The number of thioether (sulfide) groups is 1. The molecule has 0 amide bonds. The maximum absolute atomic E-state index is 9.04. The van der Waals surface area contributed by atoms with Gasteiger partial charge in [-0.3, -0.25) is 4.57 Å². The van der Waals surface area contributed by atoms with E-state index in [1.807, 2.05) is 18.3 Å². The molecule has 25 heavy (non-hydrogen) atoms. The Balaban J connectivity index is 1.70. The molecule has 3 aromatic rings. The van der Waals surface area contributed by atoms with Gasteiger partial charge in [0.1, 0.15) is 0 Å². The Morgan fingerprint density at radius 2 is 2.24 bits per heavy atom. The molecule has 0 aliphatic carbocycles. The van der Waals surface area contributed by atoms with Gasteiger partial charge in [0.2, 0.25) is 0 Å². The van der Waals surface area contributed by atoms with Crippen molar-refractivity contribution in [1.29, 1.82) is 0 Å². The lowest BCUT2D eigenvalue weighted by molar-refractivity contribution is 0.0953. The van der Waals surface area contributed by atoms with Gasteiger partial charge in [-0.15, -0.1) is 10.2 Å². The fourth-order valence-corrected chi connectivity index (χ4v) is 4.11. The van der Waals surface area contributed by atoms with Crippen molar-refractivity contribution >= 4 is 22.7 Å². The van der Waals surface area contributed by atoms with Crippen LogP contribution in [0.15, 0.2) is 35.6 Å². The number of para-hydroxylation sites is 1. The molecule has 0 saturated carbocycles. The van der Waals surface area contributed by atoms with Crippen LogP contribution in [0, 0.1) is 0 Å². The molecule has 1 fully saturated rings. The van der Waals surface area contributed by atoms with Crippen LogP contribution in [0.3, 0.4) is 0 Å². The second kappa shape index (κ2) is 7.59. The quantitative estimate of drug-likeness (QED) is 0.501. The monoisotopic (exact) mass is 358 g/mol. The summed E-state index contributed by atoms with van der Waals surface area (Å²) >= 11 is 1.64. The molecule has 7 heteroatoms. The van der Waals surface area contributed by atoms with E-state index < -0.39 is 0 Å². The number of benzene rings is 1. The minimum Gasteiger partial charge on any atom is -0.396 e. The summed E-state index contributed by atoms with van der Waals surface area (Å²) in [5, 5.41) is 20.0. The summed E-state index contributed by atoms with van der Waals surface area (Å²) < 4.78 is 8.01. The third-order valence-electron chi connectivity index (χ3n) is 4.49. The summed E-state index contributed by atoms with van der Waals surface area (Å²) in [5.74, 6) is 1.70. The lowest BCUT2D eigenvalue weighted by atomic mass is 10.1. The Bertz CT molecular complexity index is 839. The zero-order valence-corrected chi connectivity index (χ0v) is 14.8. The van der Waals surface area contributed by atoms with Crippen molar-refractivity contribution in [3.05, 3.63) is 30.5 Å². The third-order valence-corrected chi connectivity index (χ3v) is 5.54. The van der Waals surface area contributed by atoms with E-state index in [-0.39, 0.29) is 12.7 Å². The largest absolute Gasteiger partial charge is 0.396 e. The van der Waals surface area contributed by atoms with Crippen LogP contribution in [0.2, 0.25) is 0 Å². The van der Waals surface area contributed by atoms with Crippen LogP contribution in [0.1, 0.15) is 19.3 Å². The molecule has 0 bridgehead atoms. The second-order valence-corrected chi connectivity index (χ2v) is 7.29. The molecule has 1 unspecified atom stereocenters. The highest BCUT2D eigenvalue weighted by atomic mass is 32.2. The first-order valence-corrected chi connectivity index (χ1v) is 9.70. The Labute approximate surface area is 150 Å². The van der Waals surface area contributed by atoms with E-state index in [9.17, 15) is 0 Å². The number of nitrogens with zero attached hydrogens (tertiary/aromatic N) is 3. The first-order valence-electron chi connectivity index (χ1n) is 8.72. The average molecular weight is 358 g/mol. The van der Waals surface area contributed by atoms with Crippen LogP contribution in [0.4, 0.5) is 0 Å². The van der Waals surface area contributed by atoms with Crippen LogP contribution in [-0.2, 0) is 11.3 Å². The number of nitrogens with one attached hydrogen (secondary N) is 1. The van der Waals surface area contributed by atoms with E-state index in [2.05, 4.69) is 31.9 Å². The van der Waals surface area contributed by atoms with E-state index in [1.165, 1.54) is 0 Å². The molecular weight excluding hydrogens is 336 g/mol. The first kappa shape index (κ1) is 16.6. The molecule has 0 spiro atoms. The van der Waals surface area contributed by atoms with Gasteiger partial charge in [-0.05, 0) is 25.3 Å². The van der Waals surface area contributed by atoms with Gasteiger partial charge in [0, 0.05) is 41.6 Å². The van der Waals surface area contributed by atoms with Crippen molar-refractivity contribution < 1.29 is 9.84 Å². The number of rotatable bonds is 7. The van der Waals surface area contributed by atoms with Gasteiger partial charge in [0.05, 0.1) is 12.6 Å². The molecular formula is C18H22N4O2S. The highest BCUT2D eigenvalue weighted by Crippen LogP contribution is 2.31. The van der Waals surface area contributed by atoms with Crippen LogP contribution >= 0.6 is 11.8 Å². The Hall–Kier alpha value is -1.83. The zero-order chi connectivity index (χ0) is 17.1. The van der Waals surface area contributed by atoms with Crippen molar-refractivity contribution in [3.8, 4) is 11.4 Å². The number of aliphatic hydroxyl groups excluding tert-OH is 1. The second-order valence-electron chi connectivity index (χ2n) is 6.23. The number of hydrogen-bond acceptors (Lipinski definition) is 5.